The third-order valence-electron chi connectivity index (χ3n) is 4.12. The van der Waals surface area contributed by atoms with Crippen molar-refractivity contribution in [3.05, 3.63) is 23.2 Å². The largest absolute Gasteiger partial charge is 0.466 e. The highest BCUT2D eigenvalue weighted by molar-refractivity contribution is 7.99. The van der Waals surface area contributed by atoms with Crippen LogP contribution in [0.2, 0.25) is 0 Å². The second kappa shape index (κ2) is 5.30. The van der Waals surface area contributed by atoms with Crippen LogP contribution in [0.5, 0.6) is 0 Å². The molecule has 3 heteroatoms. The van der Waals surface area contributed by atoms with Gasteiger partial charge < -0.3 is 9.73 Å². The standard InChI is InChI=1S/C15H25NOS/c1-10-8-13(12(3)17-10)11(2)16-14-9-18-7-6-15(14,4)5/h8,11,14,16H,6-7,9H2,1-5H3. The van der Waals surface area contributed by atoms with E-state index in [-0.39, 0.29) is 0 Å². The fourth-order valence-electron chi connectivity index (χ4n) is 2.68. The molecule has 1 saturated heterocycles. The summed E-state index contributed by atoms with van der Waals surface area (Å²) in [6, 6.07) is 3.11. The Morgan fingerprint density at radius 1 is 1.44 bits per heavy atom. The Hall–Kier alpha value is -0.410. The van der Waals surface area contributed by atoms with Gasteiger partial charge in [0.2, 0.25) is 0 Å². The minimum atomic E-state index is 0.366. The summed E-state index contributed by atoms with van der Waals surface area (Å²) in [5, 5.41) is 3.80. The zero-order chi connectivity index (χ0) is 13.3. The summed E-state index contributed by atoms with van der Waals surface area (Å²) >= 11 is 2.07. The van der Waals surface area contributed by atoms with Crippen LogP contribution < -0.4 is 5.32 Å². The van der Waals surface area contributed by atoms with Crippen LogP contribution in [0, 0.1) is 19.3 Å². The molecule has 1 aromatic heterocycles. The summed E-state index contributed by atoms with van der Waals surface area (Å²) in [6.45, 7) is 11.1. The molecule has 2 unspecified atom stereocenters. The van der Waals surface area contributed by atoms with Crippen LogP contribution in [0.4, 0.5) is 0 Å². The van der Waals surface area contributed by atoms with Crippen LogP contribution in [-0.4, -0.2) is 17.5 Å². The van der Waals surface area contributed by atoms with Crippen molar-refractivity contribution in [1.82, 2.24) is 5.32 Å². The van der Waals surface area contributed by atoms with Gasteiger partial charge in [-0.15, -0.1) is 0 Å². The van der Waals surface area contributed by atoms with Crippen molar-refractivity contribution in [3.63, 3.8) is 0 Å². The molecular formula is C15H25NOS. The fourth-order valence-corrected chi connectivity index (χ4v) is 4.30. The van der Waals surface area contributed by atoms with Gasteiger partial charge in [-0.05, 0) is 44.4 Å². The van der Waals surface area contributed by atoms with Gasteiger partial charge in [0.1, 0.15) is 11.5 Å². The van der Waals surface area contributed by atoms with E-state index in [1.165, 1.54) is 23.5 Å². The lowest BCUT2D eigenvalue weighted by Crippen LogP contribution is -2.47. The van der Waals surface area contributed by atoms with Crippen molar-refractivity contribution >= 4 is 11.8 Å². The van der Waals surface area contributed by atoms with Gasteiger partial charge in [-0.25, -0.2) is 0 Å². The fraction of sp³-hybridized carbons (Fsp3) is 0.733. The number of hydrogen-bond acceptors (Lipinski definition) is 3. The van der Waals surface area contributed by atoms with E-state index in [1.807, 2.05) is 6.92 Å². The summed E-state index contributed by atoms with van der Waals surface area (Å²) in [4.78, 5) is 0. The number of rotatable bonds is 3. The minimum absolute atomic E-state index is 0.366. The van der Waals surface area contributed by atoms with E-state index in [0.29, 0.717) is 17.5 Å². The van der Waals surface area contributed by atoms with Gasteiger partial charge in [0.25, 0.3) is 0 Å². The number of thioether (sulfide) groups is 1. The van der Waals surface area contributed by atoms with Crippen LogP contribution in [-0.2, 0) is 0 Å². The van der Waals surface area contributed by atoms with Gasteiger partial charge in [-0.3, -0.25) is 0 Å². The number of hydrogen-bond donors (Lipinski definition) is 1. The first-order valence-corrected chi connectivity index (χ1v) is 7.96. The van der Waals surface area contributed by atoms with Crippen molar-refractivity contribution in [2.45, 2.75) is 53.1 Å². The molecule has 2 atom stereocenters. The first kappa shape index (κ1) is 14.0. The van der Waals surface area contributed by atoms with Crippen molar-refractivity contribution < 1.29 is 4.42 Å². The van der Waals surface area contributed by atoms with Crippen molar-refractivity contribution in [2.24, 2.45) is 5.41 Å². The highest BCUT2D eigenvalue weighted by atomic mass is 32.2. The molecule has 2 heterocycles. The van der Waals surface area contributed by atoms with Gasteiger partial charge >= 0.3 is 0 Å². The molecule has 0 amide bonds. The molecule has 18 heavy (non-hydrogen) atoms. The SMILES string of the molecule is Cc1cc(C(C)NC2CSCCC2(C)C)c(C)o1. The van der Waals surface area contributed by atoms with Crippen LogP contribution in [0.1, 0.15) is 50.3 Å². The zero-order valence-electron chi connectivity index (χ0n) is 12.2. The van der Waals surface area contributed by atoms with E-state index in [9.17, 15) is 0 Å². The average molecular weight is 267 g/mol. The van der Waals surface area contributed by atoms with E-state index >= 15 is 0 Å². The molecular weight excluding hydrogens is 242 g/mol. The summed E-state index contributed by atoms with van der Waals surface area (Å²) in [5.74, 6) is 4.57. The molecule has 0 spiro atoms. The van der Waals surface area contributed by atoms with Crippen LogP contribution in [0.3, 0.4) is 0 Å². The van der Waals surface area contributed by atoms with E-state index in [1.54, 1.807) is 0 Å². The maximum atomic E-state index is 5.63. The second-order valence-corrected chi connectivity index (χ2v) is 7.27. The average Bonchev–Trinajstić information content (AvgIpc) is 2.61. The highest BCUT2D eigenvalue weighted by Gasteiger charge is 2.33. The van der Waals surface area contributed by atoms with E-state index < -0.39 is 0 Å². The van der Waals surface area contributed by atoms with Crippen molar-refractivity contribution in [1.29, 1.82) is 0 Å². The summed E-state index contributed by atoms with van der Waals surface area (Å²) < 4.78 is 5.63. The Morgan fingerprint density at radius 2 is 2.17 bits per heavy atom. The van der Waals surface area contributed by atoms with Crippen LogP contribution in [0.15, 0.2) is 10.5 Å². The van der Waals surface area contributed by atoms with Crippen LogP contribution >= 0.6 is 11.8 Å². The Labute approximate surface area is 115 Å². The summed E-state index contributed by atoms with van der Waals surface area (Å²) in [6.07, 6.45) is 1.30. The second-order valence-electron chi connectivity index (χ2n) is 6.12. The minimum Gasteiger partial charge on any atom is -0.466 e. The highest BCUT2D eigenvalue weighted by Crippen LogP contribution is 2.35. The quantitative estimate of drug-likeness (QED) is 0.893. The molecule has 1 N–H and O–H groups in total. The topological polar surface area (TPSA) is 25.2 Å². The smallest absolute Gasteiger partial charge is 0.105 e. The number of furan rings is 1. The monoisotopic (exact) mass is 267 g/mol. The Balaban J connectivity index is 2.06. The molecule has 0 aromatic carbocycles. The van der Waals surface area contributed by atoms with E-state index in [0.717, 1.165) is 11.5 Å². The molecule has 0 bridgehead atoms. The maximum absolute atomic E-state index is 5.63. The molecule has 0 saturated carbocycles. The number of aryl methyl sites for hydroxylation is 2. The van der Waals surface area contributed by atoms with Gasteiger partial charge in [-0.1, -0.05) is 13.8 Å². The lowest BCUT2D eigenvalue weighted by atomic mass is 9.81. The predicted octanol–water partition coefficient (Wildman–Crippen LogP) is 4.08. The van der Waals surface area contributed by atoms with Gasteiger partial charge in [0.15, 0.2) is 0 Å². The molecule has 2 rings (SSSR count). The maximum Gasteiger partial charge on any atom is 0.105 e. The Morgan fingerprint density at radius 3 is 2.72 bits per heavy atom. The predicted molar refractivity (Wildman–Crippen MR) is 79.2 cm³/mol. The third kappa shape index (κ3) is 2.94. The summed E-state index contributed by atoms with van der Waals surface area (Å²) in [5.41, 5.74) is 1.70. The normalized spacial score (nSPS) is 25.1. The van der Waals surface area contributed by atoms with Crippen molar-refractivity contribution in [2.75, 3.05) is 11.5 Å². The molecule has 0 aliphatic carbocycles. The first-order valence-electron chi connectivity index (χ1n) is 6.81. The van der Waals surface area contributed by atoms with E-state index in [2.05, 4.69) is 50.8 Å². The third-order valence-corrected chi connectivity index (χ3v) is 5.18. The van der Waals surface area contributed by atoms with Crippen molar-refractivity contribution in [3.8, 4) is 0 Å². The molecule has 0 radical (unpaired) electrons. The lowest BCUT2D eigenvalue weighted by molar-refractivity contribution is 0.231. The molecule has 1 aliphatic heterocycles. The van der Waals surface area contributed by atoms with Gasteiger partial charge in [0.05, 0.1) is 0 Å². The molecule has 1 aromatic rings. The molecule has 1 fully saturated rings. The lowest BCUT2D eigenvalue weighted by Gasteiger charge is -2.40. The molecule has 1 aliphatic rings. The molecule has 2 nitrogen and oxygen atoms in total. The summed E-state index contributed by atoms with van der Waals surface area (Å²) in [7, 11) is 0. The van der Waals surface area contributed by atoms with Crippen LogP contribution in [0.25, 0.3) is 0 Å². The van der Waals surface area contributed by atoms with Gasteiger partial charge in [0, 0.05) is 23.4 Å². The Bertz CT molecular complexity index is 411. The molecule has 102 valence electrons. The first-order chi connectivity index (χ1) is 8.40. The zero-order valence-corrected chi connectivity index (χ0v) is 13.0. The Kier molecular flexibility index (Phi) is 4.12. The number of nitrogens with one attached hydrogen (secondary N) is 1. The van der Waals surface area contributed by atoms with E-state index in [4.69, 9.17) is 4.42 Å². The van der Waals surface area contributed by atoms with Gasteiger partial charge in [-0.2, -0.15) is 11.8 Å².